The Labute approximate surface area is 169 Å². The number of aromatic nitrogens is 1. The van der Waals surface area contributed by atoms with Crippen LogP contribution in [-0.4, -0.2) is 28.9 Å². The van der Waals surface area contributed by atoms with Gasteiger partial charge < -0.3 is 19.1 Å². The van der Waals surface area contributed by atoms with E-state index in [4.69, 9.17) is 19.8 Å². The number of aliphatic carboxylic acids is 1. The number of nitrogens with zero attached hydrogens (tertiary/aromatic N) is 2. The van der Waals surface area contributed by atoms with Crippen molar-refractivity contribution in [2.45, 2.75) is 32.7 Å². The number of aryl methyl sites for hydroxylation is 1. The van der Waals surface area contributed by atoms with Crippen LogP contribution in [0.15, 0.2) is 48.7 Å². The zero-order valence-corrected chi connectivity index (χ0v) is 16.4. The maximum atomic E-state index is 10.9. The van der Waals surface area contributed by atoms with Crippen molar-refractivity contribution in [1.29, 1.82) is 5.26 Å². The third-order valence-electron chi connectivity index (χ3n) is 4.57. The molecule has 1 heterocycles. The highest BCUT2D eigenvalue weighted by Gasteiger charge is 2.07. The molecular weight excluding hydrogens is 368 g/mol. The van der Waals surface area contributed by atoms with E-state index in [9.17, 15) is 4.79 Å². The molecule has 0 aliphatic heterocycles. The molecule has 0 aliphatic rings. The first kappa shape index (κ1) is 20.3. The Hall–Kier alpha value is -3.46. The Balaban J connectivity index is 1.51. The average molecular weight is 392 g/mol. The summed E-state index contributed by atoms with van der Waals surface area (Å²) >= 11 is 0. The number of nitriles is 1. The summed E-state index contributed by atoms with van der Waals surface area (Å²) in [7, 11) is 0. The molecule has 6 nitrogen and oxygen atoms in total. The number of carboxylic acid groups (broad SMARTS) is 1. The van der Waals surface area contributed by atoms with E-state index in [1.807, 2.05) is 36.4 Å². The first-order valence-corrected chi connectivity index (χ1v) is 9.70. The van der Waals surface area contributed by atoms with Crippen molar-refractivity contribution in [2.75, 3.05) is 13.2 Å². The van der Waals surface area contributed by atoms with Gasteiger partial charge in [0.05, 0.1) is 24.8 Å². The molecule has 0 unspecified atom stereocenters. The summed E-state index contributed by atoms with van der Waals surface area (Å²) in [5.41, 5.74) is 2.58. The number of ether oxygens (including phenoxy) is 2. The van der Waals surface area contributed by atoms with E-state index in [-0.39, 0.29) is 6.54 Å². The van der Waals surface area contributed by atoms with Gasteiger partial charge in [0.2, 0.25) is 0 Å². The predicted molar refractivity (Wildman–Crippen MR) is 110 cm³/mol. The highest BCUT2D eigenvalue weighted by molar-refractivity contribution is 5.83. The minimum atomic E-state index is -0.868. The fourth-order valence-electron chi connectivity index (χ4n) is 3.24. The molecule has 2 aromatic carbocycles. The van der Waals surface area contributed by atoms with Crippen LogP contribution >= 0.6 is 0 Å². The van der Waals surface area contributed by atoms with Gasteiger partial charge in [-0.3, -0.25) is 4.79 Å². The lowest BCUT2D eigenvalue weighted by atomic mass is 10.1. The number of carbonyl (C=O) groups is 1. The largest absolute Gasteiger partial charge is 0.493 e. The van der Waals surface area contributed by atoms with Crippen LogP contribution in [0.1, 0.15) is 30.9 Å². The second-order valence-electron chi connectivity index (χ2n) is 6.79. The topological polar surface area (TPSA) is 84.5 Å². The molecule has 6 heteroatoms. The van der Waals surface area contributed by atoms with Crippen LogP contribution in [0.2, 0.25) is 0 Å². The van der Waals surface area contributed by atoms with Crippen molar-refractivity contribution in [3.8, 4) is 17.6 Å². The van der Waals surface area contributed by atoms with E-state index >= 15 is 0 Å². The third kappa shape index (κ3) is 5.29. The maximum Gasteiger partial charge on any atom is 0.323 e. The molecule has 0 amide bonds. The Kier molecular flexibility index (Phi) is 6.75. The molecule has 1 aromatic heterocycles. The van der Waals surface area contributed by atoms with Crippen molar-refractivity contribution in [3.05, 3.63) is 59.8 Å². The molecule has 1 N–H and O–H groups in total. The van der Waals surface area contributed by atoms with Crippen molar-refractivity contribution in [2.24, 2.45) is 0 Å². The summed E-state index contributed by atoms with van der Waals surface area (Å²) in [6, 6.07) is 15.2. The van der Waals surface area contributed by atoms with E-state index < -0.39 is 5.97 Å². The SMILES string of the molecule is CCCc1cc(C#N)ccc1OCCCOc1ccc2c(ccn2CC(=O)O)c1. The zero-order valence-electron chi connectivity index (χ0n) is 16.4. The second-order valence-corrected chi connectivity index (χ2v) is 6.79. The summed E-state index contributed by atoms with van der Waals surface area (Å²) in [5, 5.41) is 18.9. The fraction of sp³-hybridized carbons (Fsp3) is 0.304. The number of rotatable bonds is 10. The smallest absolute Gasteiger partial charge is 0.323 e. The lowest BCUT2D eigenvalue weighted by Gasteiger charge is -2.12. The van der Waals surface area contributed by atoms with Gasteiger partial charge in [0, 0.05) is 23.5 Å². The van der Waals surface area contributed by atoms with Crippen molar-refractivity contribution in [3.63, 3.8) is 0 Å². The maximum absolute atomic E-state index is 10.9. The van der Waals surface area contributed by atoms with Crippen LogP contribution in [0.25, 0.3) is 10.9 Å². The molecule has 0 saturated heterocycles. The van der Waals surface area contributed by atoms with Crippen LogP contribution in [0.3, 0.4) is 0 Å². The van der Waals surface area contributed by atoms with E-state index in [1.54, 1.807) is 16.8 Å². The van der Waals surface area contributed by atoms with Crippen molar-refractivity contribution >= 4 is 16.9 Å². The highest BCUT2D eigenvalue weighted by atomic mass is 16.5. The van der Waals surface area contributed by atoms with Crippen LogP contribution in [0, 0.1) is 11.3 Å². The molecule has 0 bridgehead atoms. The van der Waals surface area contributed by atoms with E-state index in [0.29, 0.717) is 18.8 Å². The summed E-state index contributed by atoms with van der Waals surface area (Å²) in [4.78, 5) is 10.9. The first-order valence-electron chi connectivity index (χ1n) is 9.70. The Morgan fingerprint density at radius 3 is 2.72 bits per heavy atom. The van der Waals surface area contributed by atoms with Gasteiger partial charge in [-0.15, -0.1) is 0 Å². The molecule has 0 fully saturated rings. The molecule has 3 rings (SSSR count). The molecule has 0 radical (unpaired) electrons. The van der Waals surface area contributed by atoms with Crippen LogP contribution in [-0.2, 0) is 17.8 Å². The van der Waals surface area contributed by atoms with Crippen molar-refractivity contribution < 1.29 is 19.4 Å². The Morgan fingerprint density at radius 2 is 1.97 bits per heavy atom. The number of fused-ring (bicyclic) bond motifs is 1. The minimum absolute atomic E-state index is 0.0591. The highest BCUT2D eigenvalue weighted by Crippen LogP contribution is 2.23. The van der Waals surface area contributed by atoms with Gasteiger partial charge in [0.1, 0.15) is 18.0 Å². The normalized spacial score (nSPS) is 10.6. The number of benzene rings is 2. The summed E-state index contributed by atoms with van der Waals surface area (Å²) in [6.07, 6.45) is 4.36. The number of carboxylic acids is 1. The molecule has 0 aliphatic carbocycles. The van der Waals surface area contributed by atoms with Gasteiger partial charge in [-0.05, 0) is 54.4 Å². The molecule has 3 aromatic rings. The quantitative estimate of drug-likeness (QED) is 0.517. The van der Waals surface area contributed by atoms with Gasteiger partial charge in [-0.2, -0.15) is 5.26 Å². The number of hydrogen-bond acceptors (Lipinski definition) is 4. The van der Waals surface area contributed by atoms with Gasteiger partial charge >= 0.3 is 5.97 Å². The van der Waals surface area contributed by atoms with Crippen molar-refractivity contribution in [1.82, 2.24) is 4.57 Å². The molecular formula is C23H24N2O4. The average Bonchev–Trinajstić information content (AvgIpc) is 3.10. The molecule has 29 heavy (non-hydrogen) atoms. The second kappa shape index (κ2) is 9.65. The number of hydrogen-bond donors (Lipinski definition) is 1. The zero-order chi connectivity index (χ0) is 20.6. The van der Waals surface area contributed by atoms with Gasteiger partial charge in [0.15, 0.2) is 0 Å². The summed E-state index contributed by atoms with van der Waals surface area (Å²) in [5.74, 6) is 0.704. The Morgan fingerprint density at radius 1 is 1.14 bits per heavy atom. The third-order valence-corrected chi connectivity index (χ3v) is 4.57. The molecule has 0 saturated carbocycles. The van der Waals surface area contributed by atoms with E-state index in [2.05, 4.69) is 13.0 Å². The molecule has 0 spiro atoms. The van der Waals surface area contributed by atoms with Gasteiger partial charge in [0.25, 0.3) is 0 Å². The monoisotopic (exact) mass is 392 g/mol. The lowest BCUT2D eigenvalue weighted by Crippen LogP contribution is -2.07. The van der Waals surface area contributed by atoms with E-state index in [1.165, 1.54) is 0 Å². The molecule has 150 valence electrons. The first-order chi connectivity index (χ1) is 14.1. The fourth-order valence-corrected chi connectivity index (χ4v) is 3.24. The van der Waals surface area contributed by atoms with Crippen LogP contribution < -0.4 is 9.47 Å². The summed E-state index contributed by atoms with van der Waals surface area (Å²) in [6.45, 7) is 3.08. The lowest BCUT2D eigenvalue weighted by molar-refractivity contribution is -0.137. The van der Waals surface area contributed by atoms with Crippen LogP contribution in [0.5, 0.6) is 11.5 Å². The molecule has 0 atom stereocenters. The van der Waals surface area contributed by atoms with Gasteiger partial charge in [-0.1, -0.05) is 13.3 Å². The minimum Gasteiger partial charge on any atom is -0.493 e. The summed E-state index contributed by atoms with van der Waals surface area (Å²) < 4.78 is 13.4. The Bertz CT molecular complexity index is 1030. The van der Waals surface area contributed by atoms with Gasteiger partial charge in [-0.25, -0.2) is 0 Å². The standard InChI is InChI=1S/C23H24N2O4/c1-2-4-19-13-17(15-24)5-8-22(19)29-12-3-11-28-20-6-7-21-18(14-20)9-10-25(21)16-23(26)27/h5-10,13-14H,2-4,11-12,16H2,1H3,(H,26,27). The van der Waals surface area contributed by atoms with Crippen LogP contribution in [0.4, 0.5) is 0 Å². The van der Waals surface area contributed by atoms with E-state index in [0.717, 1.165) is 47.2 Å². The predicted octanol–water partition coefficient (Wildman–Crippen LogP) is 4.40.